The lowest BCUT2D eigenvalue weighted by Crippen LogP contribution is -2.54. The van der Waals surface area contributed by atoms with Gasteiger partial charge in [-0.15, -0.1) is 0 Å². The summed E-state index contributed by atoms with van der Waals surface area (Å²) in [5.41, 5.74) is 0. The van der Waals surface area contributed by atoms with Gasteiger partial charge in [0.15, 0.2) is 6.29 Å². The Labute approximate surface area is 133 Å². The first-order valence-electron chi connectivity index (χ1n) is 8.52. The van der Waals surface area contributed by atoms with E-state index in [0.29, 0.717) is 6.42 Å². The standard InChI is InChI=1S/C16H32O6/c1-2-3-4-5-6-7-8-9-14-21-11-13(19)16(22-14)15(20)12(18)10-17/h12-20H,2-11H2,1H3. The van der Waals surface area contributed by atoms with Crippen molar-refractivity contribution in [1.29, 1.82) is 0 Å². The van der Waals surface area contributed by atoms with Crippen LogP contribution in [0.25, 0.3) is 0 Å². The normalized spacial score (nSPS) is 28.5. The molecule has 5 unspecified atom stereocenters. The molecule has 1 heterocycles. The SMILES string of the molecule is CCCCCCCCCC1OCC(O)C(C(O)C(O)CO)O1. The molecule has 1 fully saturated rings. The summed E-state index contributed by atoms with van der Waals surface area (Å²) in [4.78, 5) is 0. The van der Waals surface area contributed by atoms with Crippen molar-refractivity contribution in [2.24, 2.45) is 0 Å². The highest BCUT2D eigenvalue weighted by atomic mass is 16.7. The Hall–Kier alpha value is -0.240. The topological polar surface area (TPSA) is 99.4 Å². The van der Waals surface area contributed by atoms with E-state index in [2.05, 4.69) is 6.92 Å². The van der Waals surface area contributed by atoms with Gasteiger partial charge in [-0.2, -0.15) is 0 Å². The monoisotopic (exact) mass is 320 g/mol. The van der Waals surface area contributed by atoms with E-state index in [1.54, 1.807) is 0 Å². The van der Waals surface area contributed by atoms with Crippen LogP contribution in [0, 0.1) is 0 Å². The second kappa shape index (κ2) is 11.3. The second-order valence-corrected chi connectivity index (χ2v) is 6.08. The predicted molar refractivity (Wildman–Crippen MR) is 82.3 cm³/mol. The van der Waals surface area contributed by atoms with Crippen LogP contribution < -0.4 is 0 Å². The van der Waals surface area contributed by atoms with Crippen LogP contribution in [0.3, 0.4) is 0 Å². The van der Waals surface area contributed by atoms with Crippen molar-refractivity contribution >= 4 is 0 Å². The molecule has 0 aromatic rings. The molecule has 6 nitrogen and oxygen atoms in total. The third kappa shape index (κ3) is 6.89. The van der Waals surface area contributed by atoms with Gasteiger partial charge in [-0.3, -0.25) is 0 Å². The van der Waals surface area contributed by atoms with Gasteiger partial charge >= 0.3 is 0 Å². The zero-order chi connectivity index (χ0) is 16.4. The van der Waals surface area contributed by atoms with Crippen molar-refractivity contribution in [2.75, 3.05) is 13.2 Å². The average Bonchev–Trinajstić information content (AvgIpc) is 2.54. The largest absolute Gasteiger partial charge is 0.394 e. The molecule has 0 saturated carbocycles. The number of aliphatic hydroxyl groups excluding tert-OH is 4. The molecule has 1 saturated heterocycles. The maximum atomic E-state index is 9.87. The highest BCUT2D eigenvalue weighted by molar-refractivity contribution is 4.84. The molecule has 0 aliphatic carbocycles. The number of hydrogen-bond acceptors (Lipinski definition) is 6. The minimum absolute atomic E-state index is 0.0705. The van der Waals surface area contributed by atoms with Crippen molar-refractivity contribution in [2.45, 2.75) is 89.0 Å². The molecule has 1 aliphatic heterocycles. The Morgan fingerprint density at radius 1 is 1.05 bits per heavy atom. The maximum absolute atomic E-state index is 9.87. The van der Waals surface area contributed by atoms with Crippen LogP contribution in [0.1, 0.15) is 58.3 Å². The predicted octanol–water partition coefficient (Wildman–Crippen LogP) is 0.944. The van der Waals surface area contributed by atoms with Crippen LogP contribution in [0.15, 0.2) is 0 Å². The number of unbranched alkanes of at least 4 members (excludes halogenated alkanes) is 6. The Morgan fingerprint density at radius 2 is 1.68 bits per heavy atom. The molecule has 0 bridgehead atoms. The van der Waals surface area contributed by atoms with Gasteiger partial charge in [-0.1, -0.05) is 45.4 Å². The summed E-state index contributed by atoms with van der Waals surface area (Å²) in [6.07, 6.45) is 4.03. The number of aliphatic hydroxyl groups is 4. The van der Waals surface area contributed by atoms with Crippen molar-refractivity contribution in [1.82, 2.24) is 0 Å². The van der Waals surface area contributed by atoms with E-state index in [1.807, 2.05) is 0 Å². The summed E-state index contributed by atoms with van der Waals surface area (Å²) in [5.74, 6) is 0. The van der Waals surface area contributed by atoms with E-state index < -0.39 is 37.3 Å². The van der Waals surface area contributed by atoms with Gasteiger partial charge in [-0.05, 0) is 12.8 Å². The average molecular weight is 320 g/mol. The van der Waals surface area contributed by atoms with Gasteiger partial charge in [0.25, 0.3) is 0 Å². The van der Waals surface area contributed by atoms with Crippen LogP contribution in [-0.2, 0) is 9.47 Å². The van der Waals surface area contributed by atoms with Gasteiger partial charge in [-0.25, -0.2) is 0 Å². The van der Waals surface area contributed by atoms with Gasteiger partial charge in [0.1, 0.15) is 24.4 Å². The maximum Gasteiger partial charge on any atom is 0.158 e. The number of ether oxygens (including phenoxy) is 2. The summed E-state index contributed by atoms with van der Waals surface area (Å²) < 4.78 is 10.9. The number of hydrogen-bond donors (Lipinski definition) is 4. The smallest absolute Gasteiger partial charge is 0.158 e. The summed E-state index contributed by atoms with van der Waals surface area (Å²) >= 11 is 0. The summed E-state index contributed by atoms with van der Waals surface area (Å²) in [6.45, 7) is 1.70. The quantitative estimate of drug-likeness (QED) is 0.423. The molecule has 4 N–H and O–H groups in total. The molecule has 6 heteroatoms. The van der Waals surface area contributed by atoms with E-state index in [-0.39, 0.29) is 6.61 Å². The lowest BCUT2D eigenvalue weighted by atomic mass is 10.0. The van der Waals surface area contributed by atoms with E-state index in [0.717, 1.165) is 12.8 Å². The molecule has 0 aromatic heterocycles. The van der Waals surface area contributed by atoms with Crippen LogP contribution in [0.5, 0.6) is 0 Å². The highest BCUT2D eigenvalue weighted by Crippen LogP contribution is 2.22. The molecule has 0 radical (unpaired) electrons. The summed E-state index contributed by atoms with van der Waals surface area (Å²) in [7, 11) is 0. The second-order valence-electron chi connectivity index (χ2n) is 6.08. The van der Waals surface area contributed by atoms with Crippen molar-refractivity contribution in [3.8, 4) is 0 Å². The lowest BCUT2D eigenvalue weighted by Gasteiger charge is -2.37. The van der Waals surface area contributed by atoms with Gasteiger partial charge in [0.2, 0.25) is 0 Å². The molecule has 5 atom stereocenters. The van der Waals surface area contributed by atoms with Crippen LogP contribution in [-0.4, -0.2) is 64.3 Å². The molecule has 1 rings (SSSR count). The molecular formula is C16H32O6. The first kappa shape index (κ1) is 19.8. The van der Waals surface area contributed by atoms with Gasteiger partial charge in [0, 0.05) is 0 Å². The third-order valence-electron chi connectivity index (χ3n) is 4.10. The van der Waals surface area contributed by atoms with Crippen LogP contribution >= 0.6 is 0 Å². The molecule has 1 aliphatic rings. The highest BCUT2D eigenvalue weighted by Gasteiger charge is 2.38. The lowest BCUT2D eigenvalue weighted by molar-refractivity contribution is -0.281. The molecule has 0 amide bonds. The molecule has 132 valence electrons. The zero-order valence-corrected chi connectivity index (χ0v) is 13.6. The third-order valence-corrected chi connectivity index (χ3v) is 4.10. The fourth-order valence-corrected chi connectivity index (χ4v) is 2.66. The fraction of sp³-hybridized carbons (Fsp3) is 1.00. The van der Waals surface area contributed by atoms with E-state index in [9.17, 15) is 15.3 Å². The van der Waals surface area contributed by atoms with E-state index in [4.69, 9.17) is 14.6 Å². The fourth-order valence-electron chi connectivity index (χ4n) is 2.66. The molecule has 0 aromatic carbocycles. The Kier molecular flexibility index (Phi) is 10.2. The minimum Gasteiger partial charge on any atom is -0.394 e. The van der Waals surface area contributed by atoms with Crippen molar-refractivity contribution in [3.05, 3.63) is 0 Å². The first-order valence-corrected chi connectivity index (χ1v) is 8.52. The molecule has 22 heavy (non-hydrogen) atoms. The van der Waals surface area contributed by atoms with Crippen molar-refractivity contribution < 1.29 is 29.9 Å². The zero-order valence-electron chi connectivity index (χ0n) is 13.6. The summed E-state index contributed by atoms with van der Waals surface area (Å²) in [5, 5.41) is 38.0. The van der Waals surface area contributed by atoms with E-state index in [1.165, 1.54) is 32.1 Å². The molecule has 0 spiro atoms. The van der Waals surface area contributed by atoms with Gasteiger partial charge < -0.3 is 29.9 Å². The summed E-state index contributed by atoms with van der Waals surface area (Å²) in [6, 6.07) is 0. The first-order chi connectivity index (χ1) is 10.6. The number of rotatable bonds is 11. The van der Waals surface area contributed by atoms with Crippen LogP contribution in [0.2, 0.25) is 0 Å². The Balaban J connectivity index is 2.22. The van der Waals surface area contributed by atoms with E-state index >= 15 is 0 Å². The van der Waals surface area contributed by atoms with Crippen molar-refractivity contribution in [3.63, 3.8) is 0 Å². The minimum atomic E-state index is -1.32. The molecular weight excluding hydrogens is 288 g/mol. The Bertz CT molecular complexity index is 275. The van der Waals surface area contributed by atoms with Crippen LogP contribution in [0.4, 0.5) is 0 Å². The Morgan fingerprint density at radius 3 is 2.32 bits per heavy atom. The van der Waals surface area contributed by atoms with Gasteiger partial charge in [0.05, 0.1) is 13.2 Å².